The van der Waals surface area contributed by atoms with E-state index in [4.69, 9.17) is 21.1 Å². The molecule has 0 unspecified atom stereocenters. The van der Waals surface area contributed by atoms with Crippen molar-refractivity contribution in [1.82, 2.24) is 5.32 Å². The van der Waals surface area contributed by atoms with Crippen LogP contribution < -0.4 is 14.8 Å². The fraction of sp³-hybridized carbons (Fsp3) is 0.158. The van der Waals surface area contributed by atoms with Crippen molar-refractivity contribution >= 4 is 46.2 Å². The fourth-order valence-electron chi connectivity index (χ4n) is 2.69. The van der Waals surface area contributed by atoms with E-state index in [1.165, 1.54) is 11.8 Å². The molecular weight excluding hydrogens is 372 g/mol. The molecule has 1 fully saturated rings. The molecule has 7 heteroatoms. The zero-order valence-corrected chi connectivity index (χ0v) is 15.7. The number of carbonyl (C=O) groups excluding carboxylic acids is 1. The van der Waals surface area contributed by atoms with Crippen LogP contribution in [0.25, 0.3) is 6.08 Å². The van der Waals surface area contributed by atoms with E-state index in [0.29, 0.717) is 20.8 Å². The Balaban J connectivity index is 1.62. The quantitative estimate of drug-likeness (QED) is 0.767. The second-order valence-corrected chi connectivity index (χ2v) is 7.44. The van der Waals surface area contributed by atoms with Gasteiger partial charge in [-0.25, -0.2) is 4.99 Å². The molecule has 26 heavy (non-hydrogen) atoms. The Morgan fingerprint density at radius 2 is 1.92 bits per heavy atom. The zero-order chi connectivity index (χ0) is 18.3. The molecule has 0 spiro atoms. The van der Waals surface area contributed by atoms with Crippen molar-refractivity contribution in [2.45, 2.75) is 13.8 Å². The molecule has 1 amide bonds. The van der Waals surface area contributed by atoms with Crippen LogP contribution in [0.15, 0.2) is 40.2 Å². The molecule has 132 valence electrons. The van der Waals surface area contributed by atoms with Crippen molar-refractivity contribution < 1.29 is 14.3 Å². The van der Waals surface area contributed by atoms with Gasteiger partial charge in [-0.2, -0.15) is 0 Å². The Morgan fingerprint density at radius 1 is 1.15 bits per heavy atom. The van der Waals surface area contributed by atoms with Crippen molar-refractivity contribution in [2.75, 3.05) is 6.79 Å². The van der Waals surface area contributed by atoms with Gasteiger partial charge in [0.05, 0.1) is 10.6 Å². The SMILES string of the molecule is Cc1cc2c(cc1/C=C1\SC(=Nc3ccc(Cl)cc3C)NC1=O)OCO2. The molecule has 5 nitrogen and oxygen atoms in total. The van der Waals surface area contributed by atoms with E-state index in [9.17, 15) is 4.79 Å². The molecule has 1 saturated heterocycles. The van der Waals surface area contributed by atoms with Gasteiger partial charge in [-0.15, -0.1) is 0 Å². The predicted molar refractivity (Wildman–Crippen MR) is 104 cm³/mol. The van der Waals surface area contributed by atoms with Gasteiger partial charge in [0.25, 0.3) is 5.91 Å². The molecule has 2 aromatic carbocycles. The van der Waals surface area contributed by atoms with Crippen LogP contribution in [0.3, 0.4) is 0 Å². The number of halogens is 1. The van der Waals surface area contributed by atoms with Crippen LogP contribution in [0.2, 0.25) is 5.02 Å². The van der Waals surface area contributed by atoms with Crippen molar-refractivity contribution in [1.29, 1.82) is 0 Å². The summed E-state index contributed by atoms with van der Waals surface area (Å²) in [5.74, 6) is 1.25. The number of nitrogens with zero attached hydrogens (tertiary/aromatic N) is 1. The number of aliphatic imine (C=N–C) groups is 1. The van der Waals surface area contributed by atoms with Crippen LogP contribution in [0, 0.1) is 13.8 Å². The van der Waals surface area contributed by atoms with Gasteiger partial charge < -0.3 is 14.8 Å². The predicted octanol–water partition coefficient (Wildman–Crippen LogP) is 4.58. The van der Waals surface area contributed by atoms with Crippen LogP contribution in [0.5, 0.6) is 11.5 Å². The lowest BCUT2D eigenvalue weighted by Crippen LogP contribution is -2.19. The monoisotopic (exact) mass is 386 g/mol. The number of carbonyl (C=O) groups is 1. The highest BCUT2D eigenvalue weighted by Gasteiger charge is 2.25. The Kier molecular flexibility index (Phi) is 4.38. The first kappa shape index (κ1) is 17.0. The molecule has 1 N–H and O–H groups in total. The number of amidine groups is 1. The number of thioether (sulfide) groups is 1. The summed E-state index contributed by atoms with van der Waals surface area (Å²) in [4.78, 5) is 17.4. The first-order valence-electron chi connectivity index (χ1n) is 7.95. The summed E-state index contributed by atoms with van der Waals surface area (Å²) in [6.07, 6.45) is 1.84. The largest absolute Gasteiger partial charge is 0.454 e. The fourth-order valence-corrected chi connectivity index (χ4v) is 3.74. The van der Waals surface area contributed by atoms with Crippen molar-refractivity contribution in [3.8, 4) is 11.5 Å². The number of rotatable bonds is 2. The number of hydrogen-bond acceptors (Lipinski definition) is 5. The van der Waals surface area contributed by atoms with Gasteiger partial charge in [-0.05, 0) is 78.7 Å². The van der Waals surface area contributed by atoms with Gasteiger partial charge in [-0.3, -0.25) is 4.79 Å². The lowest BCUT2D eigenvalue weighted by molar-refractivity contribution is -0.115. The van der Waals surface area contributed by atoms with Crippen LogP contribution in [0.4, 0.5) is 5.69 Å². The average molecular weight is 387 g/mol. The summed E-state index contributed by atoms with van der Waals surface area (Å²) in [6.45, 7) is 4.12. The molecule has 2 aromatic rings. The highest BCUT2D eigenvalue weighted by Crippen LogP contribution is 2.37. The summed E-state index contributed by atoms with van der Waals surface area (Å²) in [7, 11) is 0. The second kappa shape index (κ2) is 6.70. The maximum Gasteiger partial charge on any atom is 0.264 e. The van der Waals surface area contributed by atoms with E-state index in [2.05, 4.69) is 10.3 Å². The van der Waals surface area contributed by atoms with Gasteiger partial charge in [0.15, 0.2) is 16.7 Å². The minimum Gasteiger partial charge on any atom is -0.454 e. The normalized spacial score (nSPS) is 18.7. The number of nitrogens with one attached hydrogen (secondary N) is 1. The maximum absolute atomic E-state index is 12.3. The number of amides is 1. The van der Waals surface area contributed by atoms with Crippen LogP contribution in [-0.2, 0) is 4.79 Å². The van der Waals surface area contributed by atoms with E-state index in [0.717, 1.165) is 28.1 Å². The second-order valence-electron chi connectivity index (χ2n) is 5.97. The van der Waals surface area contributed by atoms with Crippen molar-refractivity contribution in [2.24, 2.45) is 4.99 Å². The smallest absolute Gasteiger partial charge is 0.264 e. The topological polar surface area (TPSA) is 59.9 Å². The van der Waals surface area contributed by atoms with Crippen LogP contribution in [-0.4, -0.2) is 17.9 Å². The number of benzene rings is 2. The van der Waals surface area contributed by atoms with Gasteiger partial charge in [0.1, 0.15) is 0 Å². The number of aryl methyl sites for hydroxylation is 2. The Bertz CT molecular complexity index is 985. The summed E-state index contributed by atoms with van der Waals surface area (Å²) in [6, 6.07) is 9.26. The van der Waals surface area contributed by atoms with Crippen molar-refractivity contribution in [3.63, 3.8) is 0 Å². The summed E-state index contributed by atoms with van der Waals surface area (Å²) in [5.41, 5.74) is 3.64. The Labute approximate surface area is 160 Å². The lowest BCUT2D eigenvalue weighted by Gasteiger charge is -2.03. The molecule has 0 aromatic heterocycles. The van der Waals surface area contributed by atoms with E-state index in [-0.39, 0.29) is 12.7 Å². The van der Waals surface area contributed by atoms with Gasteiger partial charge in [0.2, 0.25) is 6.79 Å². The number of hydrogen-bond donors (Lipinski definition) is 1. The first-order valence-corrected chi connectivity index (χ1v) is 9.15. The summed E-state index contributed by atoms with van der Waals surface area (Å²) < 4.78 is 10.8. The standard InChI is InChI=1S/C19H15ClN2O3S/c1-10-6-15-16(25-9-24-15)7-12(10)8-17-18(23)22-19(26-17)21-14-4-3-13(20)5-11(14)2/h3-8H,9H2,1-2H3,(H,21,22,23)/b17-8-. The minimum absolute atomic E-state index is 0.169. The molecule has 4 rings (SSSR count). The van der Waals surface area contributed by atoms with Gasteiger partial charge in [0, 0.05) is 5.02 Å². The Hall–Kier alpha value is -2.44. The van der Waals surface area contributed by atoms with Crippen LogP contribution >= 0.6 is 23.4 Å². The lowest BCUT2D eigenvalue weighted by atomic mass is 10.1. The summed E-state index contributed by atoms with van der Waals surface area (Å²) in [5, 5.41) is 4.01. The van der Waals surface area contributed by atoms with Crippen LogP contribution in [0.1, 0.15) is 16.7 Å². The average Bonchev–Trinajstić information content (AvgIpc) is 3.17. The number of ether oxygens (including phenoxy) is 2. The molecule has 0 aliphatic carbocycles. The molecule has 0 radical (unpaired) electrons. The zero-order valence-electron chi connectivity index (χ0n) is 14.1. The highest BCUT2D eigenvalue weighted by molar-refractivity contribution is 8.18. The molecule has 0 atom stereocenters. The van der Waals surface area contributed by atoms with Gasteiger partial charge in [-0.1, -0.05) is 11.6 Å². The molecular formula is C19H15ClN2O3S. The minimum atomic E-state index is -0.169. The molecule has 2 aliphatic heterocycles. The van der Waals surface area contributed by atoms with Crippen molar-refractivity contribution in [3.05, 3.63) is 56.9 Å². The molecule has 2 aliphatic rings. The summed E-state index contributed by atoms with van der Waals surface area (Å²) >= 11 is 7.28. The third-order valence-electron chi connectivity index (χ3n) is 4.08. The van der Waals surface area contributed by atoms with E-state index in [1.54, 1.807) is 6.07 Å². The third kappa shape index (κ3) is 3.30. The number of fused-ring (bicyclic) bond motifs is 1. The molecule has 2 heterocycles. The van der Waals surface area contributed by atoms with E-state index in [1.807, 2.05) is 44.2 Å². The Morgan fingerprint density at radius 3 is 2.69 bits per heavy atom. The van der Waals surface area contributed by atoms with Gasteiger partial charge >= 0.3 is 0 Å². The molecule has 0 saturated carbocycles. The maximum atomic E-state index is 12.3. The third-order valence-corrected chi connectivity index (χ3v) is 5.22. The van der Waals surface area contributed by atoms with E-state index < -0.39 is 0 Å². The first-order chi connectivity index (χ1) is 12.5. The molecule has 0 bridgehead atoms. The van der Waals surface area contributed by atoms with E-state index >= 15 is 0 Å². The highest BCUT2D eigenvalue weighted by atomic mass is 35.5.